The largest absolute Gasteiger partial charge is 0.481 e. The summed E-state index contributed by atoms with van der Waals surface area (Å²) in [5, 5.41) is 3.08. The smallest absolute Gasteiger partial charge is 0.226 e. The summed E-state index contributed by atoms with van der Waals surface area (Å²) in [5.41, 5.74) is 0. The van der Waals surface area contributed by atoms with Gasteiger partial charge in [0.1, 0.15) is 0 Å². The highest BCUT2D eigenvalue weighted by Gasteiger charge is 1.98. The molecule has 1 rings (SSSR count). The molecule has 5 nitrogen and oxygen atoms in total. The van der Waals surface area contributed by atoms with Crippen molar-refractivity contribution in [2.45, 2.75) is 20.3 Å². The van der Waals surface area contributed by atoms with Crippen LogP contribution >= 0.6 is 0 Å². The Balaban J connectivity index is 2.13. The topological polar surface area (TPSA) is 56.3 Å². The van der Waals surface area contributed by atoms with Gasteiger partial charge < -0.3 is 14.8 Å². The first-order chi connectivity index (χ1) is 8.22. The summed E-state index contributed by atoms with van der Waals surface area (Å²) >= 11 is 0. The number of anilines is 1. The number of hydrogen-bond donors (Lipinski definition) is 1. The molecule has 1 aromatic rings. The van der Waals surface area contributed by atoms with Crippen molar-refractivity contribution in [2.24, 2.45) is 5.92 Å². The number of ether oxygens (including phenoxy) is 2. The molecule has 1 aromatic heterocycles. The normalized spacial score (nSPS) is 10.6. The van der Waals surface area contributed by atoms with Crippen molar-refractivity contribution in [3.05, 3.63) is 12.3 Å². The van der Waals surface area contributed by atoms with E-state index in [0.717, 1.165) is 13.0 Å². The van der Waals surface area contributed by atoms with Crippen LogP contribution in [0.1, 0.15) is 20.3 Å². The number of hydrogen-bond acceptors (Lipinski definition) is 5. The third kappa shape index (κ3) is 6.06. The molecule has 0 fully saturated rings. The zero-order valence-electron chi connectivity index (χ0n) is 10.8. The molecule has 0 amide bonds. The second-order valence-corrected chi connectivity index (χ2v) is 4.14. The Morgan fingerprint density at radius 3 is 2.88 bits per heavy atom. The Morgan fingerprint density at radius 1 is 1.35 bits per heavy atom. The van der Waals surface area contributed by atoms with Crippen molar-refractivity contribution in [1.29, 1.82) is 0 Å². The molecule has 96 valence electrons. The van der Waals surface area contributed by atoms with E-state index in [1.54, 1.807) is 19.4 Å². The molecule has 0 atom stereocenters. The third-order valence-electron chi connectivity index (χ3n) is 2.21. The van der Waals surface area contributed by atoms with Gasteiger partial charge in [-0.25, -0.2) is 4.98 Å². The van der Waals surface area contributed by atoms with Gasteiger partial charge in [-0.1, -0.05) is 13.8 Å². The first-order valence-corrected chi connectivity index (χ1v) is 5.91. The molecule has 0 aliphatic rings. The highest BCUT2D eigenvalue weighted by molar-refractivity contribution is 5.26. The van der Waals surface area contributed by atoms with Gasteiger partial charge in [-0.05, 0) is 12.3 Å². The Bertz CT molecular complexity index is 318. The minimum Gasteiger partial charge on any atom is -0.481 e. The molecule has 0 saturated carbocycles. The lowest BCUT2D eigenvalue weighted by Gasteiger charge is -2.08. The first-order valence-electron chi connectivity index (χ1n) is 5.91. The standard InChI is InChI=1S/C12H21N3O2/c1-10(2)5-8-17-9-7-14-12-13-6-4-11(15-12)16-3/h4,6,10H,5,7-9H2,1-3H3,(H,13,14,15). The van der Waals surface area contributed by atoms with E-state index < -0.39 is 0 Å². The van der Waals surface area contributed by atoms with Crippen LogP contribution in [0.5, 0.6) is 5.88 Å². The minimum absolute atomic E-state index is 0.559. The maximum absolute atomic E-state index is 5.47. The highest BCUT2D eigenvalue weighted by atomic mass is 16.5. The van der Waals surface area contributed by atoms with Crippen LogP contribution in [-0.4, -0.2) is 36.8 Å². The van der Waals surface area contributed by atoms with E-state index in [-0.39, 0.29) is 0 Å². The predicted molar refractivity (Wildman–Crippen MR) is 67.3 cm³/mol. The molecule has 0 aromatic carbocycles. The van der Waals surface area contributed by atoms with Crippen LogP contribution in [0.2, 0.25) is 0 Å². The van der Waals surface area contributed by atoms with E-state index >= 15 is 0 Å². The average molecular weight is 239 g/mol. The van der Waals surface area contributed by atoms with Crippen LogP contribution in [0.3, 0.4) is 0 Å². The highest BCUT2D eigenvalue weighted by Crippen LogP contribution is 2.06. The van der Waals surface area contributed by atoms with Crippen molar-refractivity contribution in [3.63, 3.8) is 0 Å². The Morgan fingerprint density at radius 2 is 2.18 bits per heavy atom. The van der Waals surface area contributed by atoms with Gasteiger partial charge in [0, 0.05) is 25.4 Å². The van der Waals surface area contributed by atoms with Crippen molar-refractivity contribution in [3.8, 4) is 5.88 Å². The van der Waals surface area contributed by atoms with Crippen LogP contribution in [0.4, 0.5) is 5.95 Å². The summed E-state index contributed by atoms with van der Waals surface area (Å²) in [6.45, 7) is 6.54. The zero-order valence-corrected chi connectivity index (χ0v) is 10.8. The van der Waals surface area contributed by atoms with Crippen LogP contribution in [0, 0.1) is 5.92 Å². The lowest BCUT2D eigenvalue weighted by atomic mass is 10.1. The van der Waals surface area contributed by atoms with Gasteiger partial charge in [0.25, 0.3) is 0 Å². The lowest BCUT2D eigenvalue weighted by molar-refractivity contribution is 0.132. The van der Waals surface area contributed by atoms with E-state index in [1.165, 1.54) is 0 Å². The van der Waals surface area contributed by atoms with Gasteiger partial charge in [0.05, 0.1) is 13.7 Å². The van der Waals surface area contributed by atoms with E-state index in [9.17, 15) is 0 Å². The van der Waals surface area contributed by atoms with Crippen LogP contribution in [-0.2, 0) is 4.74 Å². The minimum atomic E-state index is 0.559. The van der Waals surface area contributed by atoms with Gasteiger partial charge >= 0.3 is 0 Å². The van der Waals surface area contributed by atoms with E-state index in [4.69, 9.17) is 9.47 Å². The van der Waals surface area contributed by atoms with Gasteiger partial charge in [-0.15, -0.1) is 0 Å². The van der Waals surface area contributed by atoms with Crippen molar-refractivity contribution in [2.75, 3.05) is 32.2 Å². The molecular formula is C12H21N3O2. The molecule has 1 heterocycles. The number of methoxy groups -OCH3 is 1. The third-order valence-corrected chi connectivity index (χ3v) is 2.21. The summed E-state index contributed by atoms with van der Waals surface area (Å²) in [6, 6.07) is 1.71. The van der Waals surface area contributed by atoms with E-state index in [0.29, 0.717) is 30.9 Å². The summed E-state index contributed by atoms with van der Waals surface area (Å²) in [6.07, 6.45) is 2.75. The van der Waals surface area contributed by atoms with Crippen LogP contribution < -0.4 is 10.1 Å². The fourth-order valence-corrected chi connectivity index (χ4v) is 1.20. The van der Waals surface area contributed by atoms with E-state index in [1.807, 2.05) is 0 Å². The molecule has 0 radical (unpaired) electrons. The number of nitrogens with one attached hydrogen (secondary N) is 1. The summed E-state index contributed by atoms with van der Waals surface area (Å²) in [4.78, 5) is 8.21. The Labute approximate surface area is 103 Å². The quantitative estimate of drug-likeness (QED) is 0.703. The maximum Gasteiger partial charge on any atom is 0.226 e. The fraction of sp³-hybridized carbons (Fsp3) is 0.667. The molecule has 17 heavy (non-hydrogen) atoms. The van der Waals surface area contributed by atoms with Crippen LogP contribution in [0.15, 0.2) is 12.3 Å². The molecule has 1 N–H and O–H groups in total. The number of nitrogens with zero attached hydrogens (tertiary/aromatic N) is 2. The summed E-state index contributed by atoms with van der Waals surface area (Å²) in [5.74, 6) is 1.81. The van der Waals surface area contributed by atoms with Gasteiger partial charge in [-0.2, -0.15) is 4.98 Å². The molecule has 0 aliphatic carbocycles. The number of aromatic nitrogens is 2. The Kier molecular flexibility index (Phi) is 6.32. The SMILES string of the molecule is COc1ccnc(NCCOCCC(C)C)n1. The van der Waals surface area contributed by atoms with Crippen molar-refractivity contribution >= 4 is 5.95 Å². The monoisotopic (exact) mass is 239 g/mol. The van der Waals surface area contributed by atoms with Gasteiger partial charge in [-0.3, -0.25) is 0 Å². The summed E-state index contributed by atoms with van der Waals surface area (Å²) in [7, 11) is 1.58. The van der Waals surface area contributed by atoms with E-state index in [2.05, 4.69) is 29.1 Å². The average Bonchev–Trinajstić information content (AvgIpc) is 2.33. The maximum atomic E-state index is 5.47. The van der Waals surface area contributed by atoms with Gasteiger partial charge in [0.2, 0.25) is 11.8 Å². The van der Waals surface area contributed by atoms with Crippen molar-refractivity contribution < 1.29 is 9.47 Å². The molecule has 0 bridgehead atoms. The molecule has 0 saturated heterocycles. The zero-order chi connectivity index (χ0) is 12.5. The van der Waals surface area contributed by atoms with Crippen molar-refractivity contribution in [1.82, 2.24) is 9.97 Å². The lowest BCUT2D eigenvalue weighted by Crippen LogP contribution is -2.12. The number of rotatable bonds is 8. The Hall–Kier alpha value is -1.36. The first kappa shape index (κ1) is 13.7. The molecule has 0 aliphatic heterocycles. The molecular weight excluding hydrogens is 218 g/mol. The second kappa shape index (κ2) is 7.84. The summed E-state index contributed by atoms with van der Waals surface area (Å²) < 4.78 is 10.5. The molecule has 0 unspecified atom stereocenters. The predicted octanol–water partition coefficient (Wildman–Crippen LogP) is 1.96. The molecule has 5 heteroatoms. The fourth-order valence-electron chi connectivity index (χ4n) is 1.20. The van der Waals surface area contributed by atoms with Gasteiger partial charge in [0.15, 0.2) is 0 Å². The van der Waals surface area contributed by atoms with Crippen LogP contribution in [0.25, 0.3) is 0 Å². The second-order valence-electron chi connectivity index (χ2n) is 4.14. The molecule has 0 spiro atoms.